The SMILES string of the molecule is C[Si](C)(C[C@H]1C=C[C@@H](OCc2ccccc2)[C@@H](OCc2ccccc2)C1)c1ccccc1. The van der Waals surface area contributed by atoms with Gasteiger partial charge in [-0.15, -0.1) is 0 Å². The average Bonchev–Trinajstić information content (AvgIpc) is 2.84. The molecular weight excluding hydrogens is 408 g/mol. The predicted octanol–water partition coefficient (Wildman–Crippen LogP) is 6.35. The molecule has 0 spiro atoms. The smallest absolute Gasteiger partial charge is 0.102 e. The maximum atomic E-state index is 6.46. The van der Waals surface area contributed by atoms with E-state index in [4.69, 9.17) is 9.47 Å². The first-order valence-corrected chi connectivity index (χ1v) is 14.9. The summed E-state index contributed by atoms with van der Waals surface area (Å²) in [5, 5.41) is 1.53. The second-order valence-corrected chi connectivity index (χ2v) is 14.2. The first-order chi connectivity index (χ1) is 15.6. The third-order valence-corrected chi connectivity index (χ3v) is 9.84. The quantitative estimate of drug-likeness (QED) is 0.284. The van der Waals surface area contributed by atoms with Crippen LogP contribution in [0.2, 0.25) is 19.1 Å². The third kappa shape index (κ3) is 6.29. The maximum absolute atomic E-state index is 6.46. The van der Waals surface area contributed by atoms with Crippen molar-refractivity contribution < 1.29 is 9.47 Å². The molecule has 0 amide bonds. The summed E-state index contributed by atoms with van der Waals surface area (Å²) in [6, 6.07) is 33.1. The molecule has 0 aromatic heterocycles. The summed E-state index contributed by atoms with van der Waals surface area (Å²) < 4.78 is 12.8. The van der Waals surface area contributed by atoms with Crippen molar-refractivity contribution in [2.45, 2.75) is 51.0 Å². The van der Waals surface area contributed by atoms with Gasteiger partial charge in [-0.1, -0.05) is 121 Å². The molecule has 0 N–H and O–H groups in total. The lowest BCUT2D eigenvalue weighted by Gasteiger charge is -2.35. The molecule has 0 fully saturated rings. The van der Waals surface area contributed by atoms with Crippen molar-refractivity contribution in [3.8, 4) is 0 Å². The molecule has 1 aliphatic carbocycles. The topological polar surface area (TPSA) is 18.5 Å². The van der Waals surface area contributed by atoms with E-state index in [0.29, 0.717) is 19.1 Å². The van der Waals surface area contributed by atoms with Gasteiger partial charge in [0.05, 0.1) is 27.4 Å². The minimum absolute atomic E-state index is 0.0170. The fourth-order valence-electron chi connectivity index (χ4n) is 4.59. The molecule has 0 aliphatic heterocycles. The second-order valence-electron chi connectivity index (χ2n) is 9.43. The lowest BCUT2D eigenvalue weighted by atomic mass is 9.92. The molecule has 0 saturated heterocycles. The van der Waals surface area contributed by atoms with Gasteiger partial charge in [-0.05, 0) is 29.5 Å². The van der Waals surface area contributed by atoms with Gasteiger partial charge < -0.3 is 9.47 Å². The molecule has 0 bridgehead atoms. The highest BCUT2D eigenvalue weighted by Gasteiger charge is 2.33. The van der Waals surface area contributed by atoms with Crippen molar-refractivity contribution in [2.75, 3.05) is 0 Å². The van der Waals surface area contributed by atoms with E-state index in [1.165, 1.54) is 22.4 Å². The van der Waals surface area contributed by atoms with Gasteiger partial charge >= 0.3 is 0 Å². The van der Waals surface area contributed by atoms with Gasteiger partial charge in [0.15, 0.2) is 0 Å². The van der Waals surface area contributed by atoms with Crippen LogP contribution in [0.25, 0.3) is 0 Å². The van der Waals surface area contributed by atoms with Gasteiger partial charge in [-0.3, -0.25) is 0 Å². The zero-order valence-corrected chi connectivity index (χ0v) is 20.2. The molecule has 0 saturated carbocycles. The summed E-state index contributed by atoms with van der Waals surface area (Å²) in [6.45, 7) is 6.19. The van der Waals surface area contributed by atoms with Crippen LogP contribution in [-0.4, -0.2) is 20.3 Å². The average molecular weight is 443 g/mol. The Labute approximate surface area is 193 Å². The van der Waals surface area contributed by atoms with Crippen molar-refractivity contribution in [1.29, 1.82) is 0 Å². The largest absolute Gasteiger partial charge is 0.370 e. The number of allylic oxidation sites excluding steroid dienone is 1. The molecule has 2 nitrogen and oxygen atoms in total. The van der Waals surface area contributed by atoms with E-state index in [-0.39, 0.29) is 12.2 Å². The molecule has 166 valence electrons. The Bertz CT molecular complexity index is 970. The molecule has 3 aromatic rings. The van der Waals surface area contributed by atoms with Crippen LogP contribution in [0.15, 0.2) is 103 Å². The van der Waals surface area contributed by atoms with Crippen LogP contribution in [0.3, 0.4) is 0 Å². The fourth-order valence-corrected chi connectivity index (χ4v) is 7.53. The Hall–Kier alpha value is -2.46. The van der Waals surface area contributed by atoms with Crippen LogP contribution in [0.4, 0.5) is 0 Å². The van der Waals surface area contributed by atoms with Crippen molar-refractivity contribution >= 4 is 13.3 Å². The van der Waals surface area contributed by atoms with E-state index in [9.17, 15) is 0 Å². The Morgan fingerprint density at radius 2 is 1.22 bits per heavy atom. The maximum Gasteiger partial charge on any atom is 0.102 e. The van der Waals surface area contributed by atoms with Crippen LogP contribution in [0, 0.1) is 5.92 Å². The molecular formula is C29H34O2Si. The van der Waals surface area contributed by atoms with Crippen LogP contribution in [0.1, 0.15) is 17.5 Å². The molecule has 1 aliphatic rings. The minimum atomic E-state index is -1.52. The standard InChI is InChI=1S/C29H34O2Si/c1-32(2,27-16-10-5-11-17-27)23-26-18-19-28(30-21-24-12-6-3-7-13-24)29(20-26)31-22-25-14-8-4-9-15-25/h3-19,26,28-29H,20-23H2,1-2H3/t26-,28+,29-/m0/s1. The van der Waals surface area contributed by atoms with Crippen molar-refractivity contribution in [2.24, 2.45) is 5.92 Å². The molecule has 32 heavy (non-hydrogen) atoms. The first-order valence-electron chi connectivity index (χ1n) is 11.6. The molecule has 0 radical (unpaired) electrons. The highest BCUT2D eigenvalue weighted by Crippen LogP contribution is 2.30. The summed E-state index contributed by atoms with van der Waals surface area (Å²) in [4.78, 5) is 0. The van der Waals surface area contributed by atoms with Crippen LogP contribution in [0.5, 0.6) is 0 Å². The van der Waals surface area contributed by atoms with Gasteiger partial charge in [0.1, 0.15) is 6.10 Å². The summed E-state index contributed by atoms with van der Waals surface area (Å²) in [6.07, 6.45) is 5.69. The van der Waals surface area contributed by atoms with E-state index in [1.807, 2.05) is 12.1 Å². The van der Waals surface area contributed by atoms with E-state index in [2.05, 4.69) is 104 Å². The van der Waals surface area contributed by atoms with E-state index < -0.39 is 8.07 Å². The van der Waals surface area contributed by atoms with Gasteiger partial charge in [0.2, 0.25) is 0 Å². The van der Waals surface area contributed by atoms with Gasteiger partial charge in [-0.2, -0.15) is 0 Å². The third-order valence-electron chi connectivity index (χ3n) is 6.39. The molecule has 3 heteroatoms. The summed E-state index contributed by atoms with van der Waals surface area (Å²) in [5.74, 6) is 0.522. The first kappa shape index (κ1) is 22.7. The number of hydrogen-bond donors (Lipinski definition) is 0. The zero-order valence-electron chi connectivity index (χ0n) is 19.2. The van der Waals surface area contributed by atoms with Gasteiger partial charge in [0, 0.05) is 0 Å². The van der Waals surface area contributed by atoms with Crippen molar-refractivity contribution in [1.82, 2.24) is 0 Å². The van der Waals surface area contributed by atoms with Crippen LogP contribution < -0.4 is 5.19 Å². The number of hydrogen-bond acceptors (Lipinski definition) is 2. The number of benzene rings is 3. The zero-order chi connectivity index (χ0) is 22.2. The molecule has 3 atom stereocenters. The molecule has 3 aromatic carbocycles. The number of rotatable bonds is 9. The molecule has 4 rings (SSSR count). The fraction of sp³-hybridized carbons (Fsp3) is 0.310. The van der Waals surface area contributed by atoms with Gasteiger partial charge in [0.25, 0.3) is 0 Å². The minimum Gasteiger partial charge on any atom is -0.370 e. The lowest BCUT2D eigenvalue weighted by Crippen LogP contribution is -2.44. The lowest BCUT2D eigenvalue weighted by molar-refractivity contribution is -0.0755. The Morgan fingerprint density at radius 3 is 1.81 bits per heavy atom. The summed E-state index contributed by atoms with van der Waals surface area (Å²) in [5.41, 5.74) is 2.40. The monoisotopic (exact) mass is 442 g/mol. The van der Waals surface area contributed by atoms with Crippen molar-refractivity contribution in [3.63, 3.8) is 0 Å². The Morgan fingerprint density at radius 1 is 0.688 bits per heavy atom. The van der Waals surface area contributed by atoms with Crippen LogP contribution >= 0.6 is 0 Å². The molecule has 0 unspecified atom stereocenters. The summed E-state index contributed by atoms with van der Waals surface area (Å²) in [7, 11) is -1.52. The van der Waals surface area contributed by atoms with Crippen molar-refractivity contribution in [3.05, 3.63) is 114 Å². The Balaban J connectivity index is 1.44. The van der Waals surface area contributed by atoms with Crippen LogP contribution in [-0.2, 0) is 22.7 Å². The Kier molecular flexibility index (Phi) is 7.75. The van der Waals surface area contributed by atoms with Gasteiger partial charge in [-0.25, -0.2) is 0 Å². The predicted molar refractivity (Wildman–Crippen MR) is 136 cm³/mol. The normalized spacial score (nSPS) is 20.9. The van der Waals surface area contributed by atoms with E-state index in [0.717, 1.165) is 6.42 Å². The summed E-state index contributed by atoms with van der Waals surface area (Å²) >= 11 is 0. The van der Waals surface area contributed by atoms with E-state index in [1.54, 1.807) is 0 Å². The van der Waals surface area contributed by atoms with E-state index >= 15 is 0 Å². The highest BCUT2D eigenvalue weighted by atomic mass is 28.3. The number of ether oxygens (including phenoxy) is 2. The highest BCUT2D eigenvalue weighted by molar-refractivity contribution is 6.89. The molecule has 0 heterocycles. The second kappa shape index (κ2) is 10.9.